The van der Waals surface area contributed by atoms with E-state index >= 15 is 0 Å². The fourth-order valence-electron chi connectivity index (χ4n) is 1.87. The van der Waals surface area contributed by atoms with E-state index in [1.54, 1.807) is 0 Å². The van der Waals surface area contributed by atoms with Crippen molar-refractivity contribution in [1.82, 2.24) is 20.9 Å². The normalized spacial score (nSPS) is 16.8. The highest BCUT2D eigenvalue weighted by molar-refractivity contribution is 5.97. The zero-order valence-electron chi connectivity index (χ0n) is 12.4. The second-order valence-corrected chi connectivity index (χ2v) is 5.32. The van der Waals surface area contributed by atoms with Crippen LogP contribution in [-0.4, -0.2) is 56.6 Å². The molecular formula is C14H25N5O. The topological polar surface area (TPSA) is 80.2 Å². The Kier molecular flexibility index (Phi) is 7.70. The molecule has 1 rings (SSSR count). The van der Waals surface area contributed by atoms with E-state index in [1.165, 1.54) is 6.20 Å². The zero-order valence-corrected chi connectivity index (χ0v) is 12.4. The van der Waals surface area contributed by atoms with Crippen molar-refractivity contribution in [2.24, 2.45) is 5.92 Å². The van der Waals surface area contributed by atoms with Gasteiger partial charge in [0.1, 0.15) is 11.6 Å². The van der Waals surface area contributed by atoms with Crippen molar-refractivity contribution in [3.05, 3.63) is 11.8 Å². The summed E-state index contributed by atoms with van der Waals surface area (Å²) in [4.78, 5) is 14.1. The van der Waals surface area contributed by atoms with E-state index in [0.29, 0.717) is 12.5 Å². The predicted molar refractivity (Wildman–Crippen MR) is 78.9 cm³/mol. The van der Waals surface area contributed by atoms with Crippen molar-refractivity contribution < 1.29 is 4.79 Å². The summed E-state index contributed by atoms with van der Waals surface area (Å²) in [6, 6.07) is 1.93. The van der Waals surface area contributed by atoms with Gasteiger partial charge in [0.05, 0.1) is 0 Å². The first-order valence-electron chi connectivity index (χ1n) is 7.18. The molecule has 112 valence electrons. The van der Waals surface area contributed by atoms with Crippen molar-refractivity contribution in [2.75, 3.05) is 45.8 Å². The summed E-state index contributed by atoms with van der Waals surface area (Å²) in [5, 5.41) is 18.1. The number of rotatable bonds is 7. The molecule has 1 aliphatic rings. The van der Waals surface area contributed by atoms with Gasteiger partial charge < -0.3 is 16.0 Å². The molecule has 3 N–H and O–H groups in total. The molecule has 0 radical (unpaired) electrons. The fourth-order valence-corrected chi connectivity index (χ4v) is 1.87. The van der Waals surface area contributed by atoms with Gasteiger partial charge in [-0.3, -0.25) is 9.69 Å². The fraction of sp³-hybridized carbons (Fsp3) is 0.714. The molecule has 0 spiro atoms. The predicted octanol–water partition coefficient (Wildman–Crippen LogP) is -0.339. The molecule has 0 atom stereocenters. The Labute approximate surface area is 121 Å². The molecule has 0 aromatic carbocycles. The summed E-state index contributed by atoms with van der Waals surface area (Å²) >= 11 is 0. The van der Waals surface area contributed by atoms with Crippen LogP contribution in [0.5, 0.6) is 0 Å². The smallest absolute Gasteiger partial charge is 0.263 e. The van der Waals surface area contributed by atoms with E-state index < -0.39 is 0 Å². The third-order valence-corrected chi connectivity index (χ3v) is 3.06. The molecule has 0 aromatic rings. The molecule has 0 unspecified atom stereocenters. The minimum absolute atomic E-state index is 0.131. The van der Waals surface area contributed by atoms with Crippen molar-refractivity contribution in [3.63, 3.8) is 0 Å². The maximum atomic E-state index is 11.7. The second kappa shape index (κ2) is 9.34. The molecule has 1 amide bonds. The highest BCUT2D eigenvalue weighted by Gasteiger charge is 2.10. The van der Waals surface area contributed by atoms with E-state index in [9.17, 15) is 4.79 Å². The monoisotopic (exact) mass is 279 g/mol. The summed E-state index contributed by atoms with van der Waals surface area (Å²) in [6.07, 6.45) is 1.51. The summed E-state index contributed by atoms with van der Waals surface area (Å²) in [5.74, 6) is 0.0652. The maximum Gasteiger partial charge on any atom is 0.263 e. The molecule has 20 heavy (non-hydrogen) atoms. The zero-order chi connectivity index (χ0) is 14.8. The Bertz CT molecular complexity index is 366. The van der Waals surface area contributed by atoms with Crippen LogP contribution in [0.25, 0.3) is 0 Å². The largest absolute Gasteiger partial charge is 0.388 e. The SMILES string of the molecule is CC(C)CNC(=O)/C(C#N)=C\NCCN1CCNCC1. The summed E-state index contributed by atoms with van der Waals surface area (Å²) in [5.41, 5.74) is 0.131. The summed E-state index contributed by atoms with van der Waals surface area (Å²) < 4.78 is 0. The Hall–Kier alpha value is -1.58. The maximum absolute atomic E-state index is 11.7. The summed E-state index contributed by atoms with van der Waals surface area (Å²) in [7, 11) is 0. The Morgan fingerprint density at radius 2 is 2.15 bits per heavy atom. The molecule has 6 heteroatoms. The second-order valence-electron chi connectivity index (χ2n) is 5.32. The Morgan fingerprint density at radius 3 is 2.75 bits per heavy atom. The lowest BCUT2D eigenvalue weighted by atomic mass is 10.2. The minimum Gasteiger partial charge on any atom is -0.388 e. The van der Waals surface area contributed by atoms with E-state index in [4.69, 9.17) is 5.26 Å². The quantitative estimate of drug-likeness (QED) is 0.337. The highest BCUT2D eigenvalue weighted by Crippen LogP contribution is 1.94. The van der Waals surface area contributed by atoms with E-state index in [1.807, 2.05) is 19.9 Å². The third-order valence-electron chi connectivity index (χ3n) is 3.06. The van der Waals surface area contributed by atoms with Crippen LogP contribution in [-0.2, 0) is 4.79 Å². The van der Waals surface area contributed by atoms with Crippen molar-refractivity contribution in [2.45, 2.75) is 13.8 Å². The van der Waals surface area contributed by atoms with Gasteiger partial charge in [-0.2, -0.15) is 5.26 Å². The molecule has 6 nitrogen and oxygen atoms in total. The van der Waals surface area contributed by atoms with Crippen molar-refractivity contribution in [1.29, 1.82) is 5.26 Å². The van der Waals surface area contributed by atoms with Crippen LogP contribution in [0.2, 0.25) is 0 Å². The van der Waals surface area contributed by atoms with E-state index in [0.717, 1.165) is 39.3 Å². The van der Waals surface area contributed by atoms with Gasteiger partial charge in [-0.1, -0.05) is 13.8 Å². The van der Waals surface area contributed by atoms with Gasteiger partial charge in [-0.25, -0.2) is 0 Å². The average Bonchev–Trinajstić information content (AvgIpc) is 2.46. The number of nitrogens with zero attached hydrogens (tertiary/aromatic N) is 2. The van der Waals surface area contributed by atoms with E-state index in [-0.39, 0.29) is 11.5 Å². The van der Waals surface area contributed by atoms with Crippen LogP contribution in [0.1, 0.15) is 13.8 Å². The number of carbonyl (C=O) groups is 1. The number of amides is 1. The molecule has 1 fully saturated rings. The van der Waals surface area contributed by atoms with Crippen LogP contribution >= 0.6 is 0 Å². The van der Waals surface area contributed by atoms with Crippen molar-refractivity contribution in [3.8, 4) is 6.07 Å². The van der Waals surface area contributed by atoms with Gasteiger partial charge in [0.25, 0.3) is 5.91 Å². The number of hydrogen-bond donors (Lipinski definition) is 3. The minimum atomic E-state index is -0.309. The molecule has 0 bridgehead atoms. The number of carbonyl (C=O) groups excluding carboxylic acids is 1. The highest BCUT2D eigenvalue weighted by atomic mass is 16.1. The van der Waals surface area contributed by atoms with Gasteiger partial charge >= 0.3 is 0 Å². The lowest BCUT2D eigenvalue weighted by Crippen LogP contribution is -2.45. The first kappa shape index (κ1) is 16.5. The van der Waals surface area contributed by atoms with Crippen LogP contribution in [0.3, 0.4) is 0 Å². The standard InChI is InChI=1S/C14H25N5O/c1-12(2)10-18-14(20)13(9-15)11-17-5-8-19-6-3-16-4-7-19/h11-12,16-17H,3-8,10H2,1-2H3,(H,18,20)/b13-11-. The van der Waals surface area contributed by atoms with Gasteiger partial charge in [-0.15, -0.1) is 0 Å². The molecule has 1 aliphatic heterocycles. The molecule has 0 saturated carbocycles. The molecular weight excluding hydrogens is 254 g/mol. The number of piperazine rings is 1. The average molecular weight is 279 g/mol. The van der Waals surface area contributed by atoms with E-state index in [2.05, 4.69) is 20.9 Å². The lowest BCUT2D eigenvalue weighted by Gasteiger charge is -2.26. The number of hydrogen-bond acceptors (Lipinski definition) is 5. The Balaban J connectivity index is 2.26. The number of nitrogens with one attached hydrogen (secondary N) is 3. The van der Waals surface area contributed by atoms with Crippen LogP contribution in [0, 0.1) is 17.2 Å². The van der Waals surface area contributed by atoms with Crippen LogP contribution in [0.4, 0.5) is 0 Å². The molecule has 0 aromatic heterocycles. The van der Waals surface area contributed by atoms with Crippen LogP contribution < -0.4 is 16.0 Å². The summed E-state index contributed by atoms with van der Waals surface area (Å²) in [6.45, 7) is 10.4. The first-order valence-corrected chi connectivity index (χ1v) is 7.18. The van der Waals surface area contributed by atoms with Gasteiger partial charge in [0, 0.05) is 52.0 Å². The Morgan fingerprint density at radius 1 is 1.45 bits per heavy atom. The number of nitriles is 1. The molecule has 1 heterocycles. The molecule has 1 saturated heterocycles. The first-order chi connectivity index (χ1) is 9.63. The van der Waals surface area contributed by atoms with Crippen LogP contribution in [0.15, 0.2) is 11.8 Å². The third kappa shape index (κ3) is 6.55. The van der Waals surface area contributed by atoms with Gasteiger partial charge in [0.2, 0.25) is 0 Å². The van der Waals surface area contributed by atoms with Gasteiger partial charge in [0.15, 0.2) is 0 Å². The lowest BCUT2D eigenvalue weighted by molar-refractivity contribution is -0.117. The molecule has 0 aliphatic carbocycles. The van der Waals surface area contributed by atoms with Gasteiger partial charge in [-0.05, 0) is 5.92 Å². The van der Waals surface area contributed by atoms with Crippen molar-refractivity contribution >= 4 is 5.91 Å².